The van der Waals surface area contributed by atoms with Crippen molar-refractivity contribution >= 4 is 0 Å². The predicted octanol–water partition coefficient (Wildman–Crippen LogP) is 3.01. The predicted molar refractivity (Wildman–Crippen MR) is 91.7 cm³/mol. The molecule has 4 atom stereocenters. The molecule has 144 valence electrons. The summed E-state index contributed by atoms with van der Waals surface area (Å²) in [4.78, 5) is 0. The average molecular weight is 374 g/mol. The third-order valence-corrected chi connectivity index (χ3v) is 6.66. The second kappa shape index (κ2) is 5.14. The Labute approximate surface area is 155 Å². The molecule has 27 heavy (non-hydrogen) atoms. The first-order chi connectivity index (χ1) is 13.1. The van der Waals surface area contributed by atoms with Gasteiger partial charge in [-0.05, 0) is 32.1 Å². The average Bonchev–Trinajstić information content (AvgIpc) is 3.47. The zero-order valence-electron chi connectivity index (χ0n) is 14.8. The van der Waals surface area contributed by atoms with E-state index in [1.54, 1.807) is 0 Å². The van der Waals surface area contributed by atoms with Crippen LogP contribution in [0, 0.1) is 0 Å². The third-order valence-electron chi connectivity index (χ3n) is 6.66. The molecule has 0 unspecified atom stereocenters. The summed E-state index contributed by atoms with van der Waals surface area (Å²) in [6, 6.07) is 0. The summed E-state index contributed by atoms with van der Waals surface area (Å²) in [5, 5.41) is 42.1. The van der Waals surface area contributed by atoms with Gasteiger partial charge in [0.15, 0.2) is 23.5 Å². The fourth-order valence-electron chi connectivity index (χ4n) is 5.47. The number of rotatable bonds is 4. The molecule has 0 amide bonds. The van der Waals surface area contributed by atoms with E-state index in [-0.39, 0.29) is 47.9 Å². The Balaban J connectivity index is 1.24. The van der Waals surface area contributed by atoms with E-state index in [0.29, 0.717) is 19.5 Å². The van der Waals surface area contributed by atoms with Gasteiger partial charge in [-0.25, -0.2) is 0 Å². The van der Waals surface area contributed by atoms with Crippen molar-refractivity contribution in [2.45, 2.75) is 69.6 Å². The van der Waals surface area contributed by atoms with E-state index in [9.17, 15) is 20.4 Å². The first-order valence-electron chi connectivity index (χ1n) is 9.65. The van der Waals surface area contributed by atoms with Crippen molar-refractivity contribution in [1.29, 1.82) is 0 Å². The van der Waals surface area contributed by atoms with Gasteiger partial charge in [-0.2, -0.15) is 0 Å². The lowest BCUT2D eigenvalue weighted by Gasteiger charge is -2.12. The van der Waals surface area contributed by atoms with Gasteiger partial charge in [-0.15, -0.1) is 0 Å². The maximum Gasteiger partial charge on any atom is 0.200 e. The Bertz CT molecular complexity index is 817. The Morgan fingerprint density at radius 1 is 0.593 bits per heavy atom. The molecule has 4 aliphatic heterocycles. The van der Waals surface area contributed by atoms with Gasteiger partial charge in [0.25, 0.3) is 0 Å². The van der Waals surface area contributed by atoms with Crippen molar-refractivity contribution in [3.05, 3.63) is 22.3 Å². The van der Waals surface area contributed by atoms with Crippen LogP contribution in [0.15, 0.2) is 0 Å². The third kappa shape index (κ3) is 1.84. The molecule has 0 aromatic carbocycles. The van der Waals surface area contributed by atoms with Crippen LogP contribution in [0.25, 0.3) is 0 Å². The summed E-state index contributed by atoms with van der Waals surface area (Å²) >= 11 is 0. The van der Waals surface area contributed by atoms with Crippen molar-refractivity contribution in [3.8, 4) is 23.5 Å². The standard InChI is InChI=1S/C19H22N2O6/c22-16-12-8-2-3-9(26-8)13(12)17(23)20(16)6-1-7-21-18(24)14-10-4-5-11(27-10)15(14)19(21)25/h8-11,22-25H,1-7H2/t8-,9+,10-,11+. The van der Waals surface area contributed by atoms with Gasteiger partial charge >= 0.3 is 0 Å². The molecule has 4 aliphatic rings. The van der Waals surface area contributed by atoms with E-state index < -0.39 is 0 Å². The lowest BCUT2D eigenvalue weighted by atomic mass is 9.95. The minimum atomic E-state index is -0.117. The van der Waals surface area contributed by atoms with E-state index in [1.807, 2.05) is 0 Å². The van der Waals surface area contributed by atoms with Crippen molar-refractivity contribution in [3.63, 3.8) is 0 Å². The summed E-state index contributed by atoms with van der Waals surface area (Å²) < 4.78 is 14.5. The van der Waals surface area contributed by atoms with E-state index >= 15 is 0 Å². The quantitative estimate of drug-likeness (QED) is 0.655. The molecule has 2 aromatic rings. The van der Waals surface area contributed by atoms with E-state index in [2.05, 4.69) is 0 Å². The van der Waals surface area contributed by atoms with Crippen LogP contribution in [0.1, 0.15) is 78.8 Å². The summed E-state index contributed by atoms with van der Waals surface area (Å²) in [5.74, 6) is 0.295. The van der Waals surface area contributed by atoms with Crippen LogP contribution in [0.3, 0.4) is 0 Å². The molecule has 6 rings (SSSR count). The van der Waals surface area contributed by atoms with Crippen LogP contribution in [0.5, 0.6) is 23.5 Å². The molecule has 0 radical (unpaired) electrons. The number of hydrogen-bond acceptors (Lipinski definition) is 6. The molecule has 0 aliphatic carbocycles. The fourth-order valence-corrected chi connectivity index (χ4v) is 5.47. The number of fused-ring (bicyclic) bond motifs is 10. The van der Waals surface area contributed by atoms with Crippen LogP contribution < -0.4 is 0 Å². The van der Waals surface area contributed by atoms with Gasteiger partial charge in [-0.3, -0.25) is 9.13 Å². The van der Waals surface area contributed by atoms with E-state index in [4.69, 9.17) is 9.47 Å². The maximum absolute atomic E-state index is 10.5. The Morgan fingerprint density at radius 2 is 0.889 bits per heavy atom. The first kappa shape index (κ1) is 15.7. The van der Waals surface area contributed by atoms with Crippen LogP contribution in [-0.2, 0) is 22.6 Å². The normalized spacial score (nSPS) is 29.6. The SMILES string of the molecule is Oc1c2c(c(O)n1CCCn1c(O)c3c(c1O)[C@H]1CC[C@@H]3O1)[C@H]1CC[C@@H]2O1. The van der Waals surface area contributed by atoms with Gasteiger partial charge in [0.05, 0.1) is 46.7 Å². The Kier molecular flexibility index (Phi) is 2.99. The Morgan fingerprint density at radius 3 is 1.19 bits per heavy atom. The number of ether oxygens (including phenoxy) is 2. The van der Waals surface area contributed by atoms with Crippen molar-refractivity contribution in [2.24, 2.45) is 0 Å². The van der Waals surface area contributed by atoms with Gasteiger partial charge in [0, 0.05) is 13.1 Å². The molecule has 4 bridgehead atoms. The van der Waals surface area contributed by atoms with Crippen LogP contribution in [0.4, 0.5) is 0 Å². The van der Waals surface area contributed by atoms with E-state index in [0.717, 1.165) is 47.9 Å². The molecule has 6 heterocycles. The molecular formula is C19H22N2O6. The number of aromatic nitrogens is 2. The summed E-state index contributed by atoms with van der Waals surface area (Å²) in [6.07, 6.45) is 3.55. The van der Waals surface area contributed by atoms with Gasteiger partial charge < -0.3 is 29.9 Å². The van der Waals surface area contributed by atoms with Gasteiger partial charge in [0.2, 0.25) is 0 Å². The molecule has 4 N–H and O–H groups in total. The molecule has 0 spiro atoms. The molecule has 8 heteroatoms. The maximum atomic E-state index is 10.5. The lowest BCUT2D eigenvalue weighted by molar-refractivity contribution is 0.0677. The first-order valence-corrected chi connectivity index (χ1v) is 9.65. The fraction of sp³-hybridized carbons (Fsp3) is 0.579. The topological polar surface area (TPSA) is 109 Å². The van der Waals surface area contributed by atoms with Gasteiger partial charge in [-0.1, -0.05) is 0 Å². The monoisotopic (exact) mass is 374 g/mol. The molecule has 2 fully saturated rings. The van der Waals surface area contributed by atoms with Crippen LogP contribution >= 0.6 is 0 Å². The van der Waals surface area contributed by atoms with Crippen molar-refractivity contribution in [1.82, 2.24) is 9.13 Å². The second-order valence-electron chi connectivity index (χ2n) is 7.99. The Hall–Kier alpha value is -2.32. The summed E-state index contributed by atoms with van der Waals surface area (Å²) in [5.41, 5.74) is 2.90. The van der Waals surface area contributed by atoms with Crippen LogP contribution in [0.2, 0.25) is 0 Å². The molecule has 0 saturated carbocycles. The van der Waals surface area contributed by atoms with Crippen LogP contribution in [-0.4, -0.2) is 29.6 Å². The summed E-state index contributed by atoms with van der Waals surface area (Å²) in [7, 11) is 0. The zero-order valence-corrected chi connectivity index (χ0v) is 14.8. The number of nitrogens with zero attached hydrogens (tertiary/aromatic N) is 2. The largest absolute Gasteiger partial charge is 0.494 e. The number of aromatic hydroxyl groups is 4. The number of hydrogen-bond donors (Lipinski definition) is 4. The highest BCUT2D eigenvalue weighted by atomic mass is 16.5. The van der Waals surface area contributed by atoms with Crippen molar-refractivity contribution < 1.29 is 29.9 Å². The highest BCUT2D eigenvalue weighted by Gasteiger charge is 2.46. The molecular weight excluding hydrogens is 352 g/mol. The van der Waals surface area contributed by atoms with Gasteiger partial charge in [0.1, 0.15) is 0 Å². The smallest absolute Gasteiger partial charge is 0.200 e. The molecule has 8 nitrogen and oxygen atoms in total. The molecule has 2 saturated heterocycles. The minimum Gasteiger partial charge on any atom is -0.494 e. The highest BCUT2D eigenvalue weighted by Crippen LogP contribution is 2.59. The highest BCUT2D eigenvalue weighted by molar-refractivity contribution is 5.53. The second-order valence-corrected chi connectivity index (χ2v) is 7.99. The summed E-state index contributed by atoms with van der Waals surface area (Å²) in [6.45, 7) is 0.768. The van der Waals surface area contributed by atoms with Crippen molar-refractivity contribution in [2.75, 3.05) is 0 Å². The zero-order chi connectivity index (χ0) is 18.4. The van der Waals surface area contributed by atoms with E-state index in [1.165, 1.54) is 9.13 Å². The minimum absolute atomic E-state index is 0.0737. The molecule has 2 aromatic heterocycles. The lowest BCUT2D eigenvalue weighted by Crippen LogP contribution is -2.05.